The molecule has 0 aliphatic carbocycles. The van der Waals surface area contributed by atoms with Gasteiger partial charge in [-0.1, -0.05) is 0 Å². The second-order valence-corrected chi connectivity index (χ2v) is 3.45. The second-order valence-electron chi connectivity index (χ2n) is 3.45. The monoisotopic (exact) mass is 254 g/mol. The van der Waals surface area contributed by atoms with Gasteiger partial charge in [0.2, 0.25) is 5.91 Å². The lowest BCUT2D eigenvalue weighted by Crippen LogP contribution is -2.34. The maximum absolute atomic E-state index is 10.9. The zero-order chi connectivity index (χ0) is 13.7. The highest BCUT2D eigenvalue weighted by molar-refractivity contribution is 5.79. The molecule has 5 N–H and O–H groups in total. The Balaban J connectivity index is 3.16. The number of carbonyl (C=O) groups excluding carboxylic acids is 1. The summed E-state index contributed by atoms with van der Waals surface area (Å²) in [6.45, 7) is 2.13. The predicted octanol–water partition coefficient (Wildman–Crippen LogP) is -0.413. The lowest BCUT2D eigenvalue weighted by Gasteiger charge is -2.20. The number of likely N-dealkylation sites (N-methyl/N-ethyl adjacent to an activating group) is 1. The molecule has 0 bridgehead atoms. The average molecular weight is 254 g/mol. The predicted molar refractivity (Wildman–Crippen MR) is 65.8 cm³/mol. The largest absolute Gasteiger partial charge is 0.368 e. The molecule has 0 aliphatic rings. The van der Waals surface area contributed by atoms with E-state index in [0.717, 1.165) is 0 Å². The van der Waals surface area contributed by atoms with Gasteiger partial charge in [-0.05, 0) is 6.92 Å². The van der Waals surface area contributed by atoms with Crippen molar-refractivity contribution in [2.24, 2.45) is 11.6 Å². The summed E-state index contributed by atoms with van der Waals surface area (Å²) in [5.74, 6) is 5.04. The van der Waals surface area contributed by atoms with E-state index < -0.39 is 10.8 Å². The second kappa shape index (κ2) is 5.77. The lowest BCUT2D eigenvalue weighted by molar-refractivity contribution is -0.384. The van der Waals surface area contributed by atoms with Crippen LogP contribution in [-0.4, -0.2) is 28.9 Å². The number of nitrogens with zero attached hydrogens (tertiary/aromatic N) is 3. The number of nitrogen functional groups attached to an aromatic ring is 1. The SMILES string of the molecule is CCN(CC(N)=O)c1cc([N+](=O)[O-])cc(NN)n1. The minimum absolute atomic E-state index is 0.0747. The molecule has 9 nitrogen and oxygen atoms in total. The zero-order valence-electron chi connectivity index (χ0n) is 9.79. The number of primary amides is 1. The minimum Gasteiger partial charge on any atom is -0.368 e. The molecule has 0 atom stereocenters. The molecule has 1 heterocycles. The van der Waals surface area contributed by atoms with Gasteiger partial charge in [0.1, 0.15) is 11.6 Å². The number of aromatic nitrogens is 1. The number of nitrogens with two attached hydrogens (primary N) is 2. The standard InChI is InChI=1S/C9H14N6O3/c1-2-14(5-7(10)16)9-4-6(15(17)18)3-8(12-9)13-11/h3-4H,2,5,11H2,1H3,(H2,10,16)(H,12,13). The maximum atomic E-state index is 10.9. The van der Waals surface area contributed by atoms with Crippen LogP contribution >= 0.6 is 0 Å². The molecule has 1 amide bonds. The quantitative estimate of drug-likeness (QED) is 0.356. The average Bonchev–Trinajstić information content (AvgIpc) is 2.34. The number of nitro groups is 1. The molecule has 0 unspecified atom stereocenters. The van der Waals surface area contributed by atoms with E-state index in [9.17, 15) is 14.9 Å². The van der Waals surface area contributed by atoms with Crippen LogP contribution in [0.2, 0.25) is 0 Å². The van der Waals surface area contributed by atoms with Gasteiger partial charge in [0.15, 0.2) is 0 Å². The molecule has 0 saturated carbocycles. The van der Waals surface area contributed by atoms with Crippen LogP contribution in [0.5, 0.6) is 0 Å². The van der Waals surface area contributed by atoms with E-state index in [1.165, 1.54) is 17.0 Å². The Morgan fingerprint density at radius 2 is 2.28 bits per heavy atom. The smallest absolute Gasteiger partial charge is 0.276 e. The van der Waals surface area contributed by atoms with Gasteiger partial charge >= 0.3 is 0 Å². The van der Waals surface area contributed by atoms with Gasteiger partial charge in [0, 0.05) is 6.54 Å². The Kier molecular flexibility index (Phi) is 4.38. The molecular formula is C9H14N6O3. The number of carbonyl (C=O) groups is 1. The van der Waals surface area contributed by atoms with Crippen LogP contribution in [0, 0.1) is 10.1 Å². The number of anilines is 2. The van der Waals surface area contributed by atoms with E-state index in [-0.39, 0.29) is 23.9 Å². The summed E-state index contributed by atoms with van der Waals surface area (Å²) in [5, 5.41) is 10.8. The van der Waals surface area contributed by atoms with Crippen molar-refractivity contribution >= 4 is 23.2 Å². The molecule has 1 aromatic rings. The first kappa shape index (κ1) is 13.6. The number of nitrogens with one attached hydrogen (secondary N) is 1. The summed E-state index contributed by atoms with van der Waals surface area (Å²) in [4.78, 5) is 26.6. The van der Waals surface area contributed by atoms with Gasteiger partial charge < -0.3 is 16.1 Å². The fourth-order valence-corrected chi connectivity index (χ4v) is 1.39. The van der Waals surface area contributed by atoms with Crippen molar-refractivity contribution in [3.8, 4) is 0 Å². The fraction of sp³-hybridized carbons (Fsp3) is 0.333. The van der Waals surface area contributed by atoms with Crippen LogP contribution in [0.4, 0.5) is 17.3 Å². The topological polar surface area (TPSA) is 140 Å². The van der Waals surface area contributed by atoms with E-state index in [0.29, 0.717) is 6.54 Å². The molecule has 1 aromatic heterocycles. The van der Waals surface area contributed by atoms with Gasteiger partial charge in [-0.15, -0.1) is 0 Å². The van der Waals surface area contributed by atoms with E-state index in [1.807, 2.05) is 0 Å². The molecule has 0 aromatic carbocycles. The van der Waals surface area contributed by atoms with Crippen LogP contribution in [0.25, 0.3) is 0 Å². The van der Waals surface area contributed by atoms with Crippen molar-refractivity contribution in [2.45, 2.75) is 6.92 Å². The Morgan fingerprint density at radius 1 is 1.61 bits per heavy atom. The van der Waals surface area contributed by atoms with Crippen LogP contribution in [-0.2, 0) is 4.79 Å². The summed E-state index contributed by atoms with van der Waals surface area (Å²) < 4.78 is 0. The minimum atomic E-state index is -0.565. The normalized spacial score (nSPS) is 9.89. The first-order chi connectivity index (χ1) is 8.47. The maximum Gasteiger partial charge on any atom is 0.276 e. The molecule has 18 heavy (non-hydrogen) atoms. The third kappa shape index (κ3) is 3.28. The van der Waals surface area contributed by atoms with Crippen LogP contribution in [0.15, 0.2) is 12.1 Å². The summed E-state index contributed by atoms with van der Waals surface area (Å²) in [6, 6.07) is 2.45. The molecule has 0 fully saturated rings. The van der Waals surface area contributed by atoms with E-state index >= 15 is 0 Å². The van der Waals surface area contributed by atoms with Crippen molar-refractivity contribution in [2.75, 3.05) is 23.4 Å². The number of hydrogen-bond acceptors (Lipinski definition) is 7. The van der Waals surface area contributed by atoms with Gasteiger partial charge in [0.05, 0.1) is 23.6 Å². The zero-order valence-corrected chi connectivity index (χ0v) is 9.79. The Labute approximate surface area is 103 Å². The molecule has 0 aliphatic heterocycles. The summed E-state index contributed by atoms with van der Waals surface area (Å²) in [5.41, 5.74) is 7.16. The van der Waals surface area contributed by atoms with Crippen LogP contribution in [0.3, 0.4) is 0 Å². The highest BCUT2D eigenvalue weighted by Crippen LogP contribution is 2.22. The lowest BCUT2D eigenvalue weighted by atomic mass is 10.3. The Bertz CT molecular complexity index is 464. The number of rotatable bonds is 6. The highest BCUT2D eigenvalue weighted by atomic mass is 16.6. The van der Waals surface area contributed by atoms with Gasteiger partial charge in [0.25, 0.3) is 5.69 Å². The number of hydrogen-bond donors (Lipinski definition) is 3. The van der Waals surface area contributed by atoms with Gasteiger partial charge in [-0.3, -0.25) is 14.9 Å². The van der Waals surface area contributed by atoms with E-state index in [1.54, 1.807) is 6.92 Å². The number of amides is 1. The van der Waals surface area contributed by atoms with E-state index in [4.69, 9.17) is 11.6 Å². The fourth-order valence-electron chi connectivity index (χ4n) is 1.39. The first-order valence-electron chi connectivity index (χ1n) is 5.14. The summed E-state index contributed by atoms with van der Waals surface area (Å²) in [6.07, 6.45) is 0. The van der Waals surface area contributed by atoms with Crippen molar-refractivity contribution in [3.05, 3.63) is 22.2 Å². The molecule has 9 heteroatoms. The molecule has 98 valence electrons. The Morgan fingerprint density at radius 3 is 2.72 bits per heavy atom. The van der Waals surface area contributed by atoms with Gasteiger partial charge in [-0.25, -0.2) is 10.8 Å². The number of pyridine rings is 1. The third-order valence-corrected chi connectivity index (χ3v) is 2.21. The van der Waals surface area contributed by atoms with E-state index in [2.05, 4.69) is 10.4 Å². The first-order valence-corrected chi connectivity index (χ1v) is 5.14. The van der Waals surface area contributed by atoms with Crippen molar-refractivity contribution in [1.29, 1.82) is 0 Å². The Hall–Kier alpha value is -2.42. The third-order valence-electron chi connectivity index (χ3n) is 2.21. The molecule has 0 saturated heterocycles. The van der Waals surface area contributed by atoms with Crippen molar-refractivity contribution in [3.63, 3.8) is 0 Å². The van der Waals surface area contributed by atoms with Gasteiger partial charge in [-0.2, -0.15) is 0 Å². The highest BCUT2D eigenvalue weighted by Gasteiger charge is 2.15. The van der Waals surface area contributed by atoms with Crippen molar-refractivity contribution < 1.29 is 9.72 Å². The van der Waals surface area contributed by atoms with Crippen molar-refractivity contribution in [1.82, 2.24) is 4.98 Å². The molecule has 1 rings (SSSR count). The number of hydrazine groups is 1. The van der Waals surface area contributed by atoms with Crippen LogP contribution < -0.4 is 21.9 Å². The molecular weight excluding hydrogens is 240 g/mol. The molecule has 0 spiro atoms. The van der Waals surface area contributed by atoms with Crippen LogP contribution in [0.1, 0.15) is 6.92 Å². The summed E-state index contributed by atoms with van der Waals surface area (Å²) in [7, 11) is 0. The summed E-state index contributed by atoms with van der Waals surface area (Å²) >= 11 is 0. The molecule has 0 radical (unpaired) electrons.